The van der Waals surface area contributed by atoms with E-state index in [1.54, 1.807) is 29.0 Å². The molecule has 0 fully saturated rings. The number of aromatic nitrogens is 2. The number of carboxylic acids is 1. The predicted molar refractivity (Wildman–Crippen MR) is 77.0 cm³/mol. The van der Waals surface area contributed by atoms with E-state index < -0.39 is 5.97 Å². The summed E-state index contributed by atoms with van der Waals surface area (Å²) in [5, 5.41) is 19.1. The van der Waals surface area contributed by atoms with Crippen molar-refractivity contribution in [3.63, 3.8) is 0 Å². The first-order chi connectivity index (χ1) is 10.2. The molecule has 2 aromatic heterocycles. The molecule has 0 aliphatic carbocycles. The molecule has 0 radical (unpaired) electrons. The van der Waals surface area contributed by atoms with Gasteiger partial charge in [-0.2, -0.15) is 5.26 Å². The van der Waals surface area contributed by atoms with Crippen molar-refractivity contribution < 1.29 is 9.90 Å². The van der Waals surface area contributed by atoms with Crippen molar-refractivity contribution in [3.05, 3.63) is 65.6 Å². The van der Waals surface area contributed by atoms with Gasteiger partial charge in [0.2, 0.25) is 0 Å². The van der Waals surface area contributed by atoms with Gasteiger partial charge in [-0.25, -0.2) is 9.78 Å². The predicted octanol–water partition coefficient (Wildman–Crippen LogP) is 2.65. The van der Waals surface area contributed by atoms with E-state index in [1.165, 1.54) is 0 Å². The van der Waals surface area contributed by atoms with Gasteiger partial charge in [0.15, 0.2) is 0 Å². The highest BCUT2D eigenvalue weighted by Gasteiger charge is 2.14. The topological polar surface area (TPSA) is 78.9 Å². The highest BCUT2D eigenvalue weighted by Crippen LogP contribution is 2.21. The average molecular weight is 277 g/mol. The molecule has 2 heterocycles. The smallest absolute Gasteiger partial charge is 0.352 e. The molecule has 0 unspecified atom stereocenters. The van der Waals surface area contributed by atoms with Gasteiger partial charge in [0.05, 0.1) is 0 Å². The third-order valence-corrected chi connectivity index (χ3v) is 3.31. The van der Waals surface area contributed by atoms with Crippen LogP contribution in [0.15, 0.2) is 48.7 Å². The molecule has 0 spiro atoms. The second-order valence-electron chi connectivity index (χ2n) is 4.64. The summed E-state index contributed by atoms with van der Waals surface area (Å²) in [6.45, 7) is 0.381. The SMILES string of the molecule is N#Cc1cc(Cn2c(C(=O)O)cc3ccccc32)ccn1. The zero-order valence-corrected chi connectivity index (χ0v) is 11.0. The van der Waals surface area contributed by atoms with Gasteiger partial charge < -0.3 is 9.67 Å². The molecule has 21 heavy (non-hydrogen) atoms. The van der Waals surface area contributed by atoms with Crippen molar-refractivity contribution in [1.29, 1.82) is 5.26 Å². The lowest BCUT2D eigenvalue weighted by Gasteiger charge is -2.08. The molecule has 102 valence electrons. The Morgan fingerprint density at radius 2 is 2.10 bits per heavy atom. The van der Waals surface area contributed by atoms with Crippen molar-refractivity contribution in [2.24, 2.45) is 0 Å². The zero-order valence-electron chi connectivity index (χ0n) is 11.0. The first-order valence-electron chi connectivity index (χ1n) is 6.35. The Hall–Kier alpha value is -3.13. The molecule has 0 saturated carbocycles. The monoisotopic (exact) mass is 277 g/mol. The lowest BCUT2D eigenvalue weighted by molar-refractivity contribution is 0.0686. The minimum absolute atomic E-state index is 0.228. The fourth-order valence-corrected chi connectivity index (χ4v) is 2.37. The summed E-state index contributed by atoms with van der Waals surface area (Å²) < 4.78 is 1.73. The molecular formula is C16H11N3O2. The maximum atomic E-state index is 11.4. The molecule has 0 aliphatic heterocycles. The van der Waals surface area contributed by atoms with Gasteiger partial charge in [-0.1, -0.05) is 18.2 Å². The van der Waals surface area contributed by atoms with Crippen molar-refractivity contribution >= 4 is 16.9 Å². The Kier molecular flexibility index (Phi) is 3.13. The summed E-state index contributed by atoms with van der Waals surface area (Å²) in [6, 6.07) is 14.6. The summed E-state index contributed by atoms with van der Waals surface area (Å²) in [6.07, 6.45) is 1.56. The van der Waals surface area contributed by atoms with Crippen LogP contribution in [0, 0.1) is 11.3 Å². The molecular weight excluding hydrogens is 266 g/mol. The van der Waals surface area contributed by atoms with E-state index in [0.29, 0.717) is 12.2 Å². The van der Waals surface area contributed by atoms with E-state index >= 15 is 0 Å². The average Bonchev–Trinajstić information content (AvgIpc) is 2.87. The van der Waals surface area contributed by atoms with Gasteiger partial charge >= 0.3 is 5.97 Å². The fourth-order valence-electron chi connectivity index (χ4n) is 2.37. The Bertz CT molecular complexity index is 875. The van der Waals surface area contributed by atoms with Gasteiger partial charge in [-0.15, -0.1) is 0 Å². The molecule has 5 nitrogen and oxygen atoms in total. The Balaban J connectivity index is 2.12. The molecule has 0 saturated heterocycles. The van der Waals surface area contributed by atoms with Crippen LogP contribution in [-0.4, -0.2) is 20.6 Å². The number of rotatable bonds is 3. The molecule has 1 aromatic carbocycles. The quantitative estimate of drug-likeness (QED) is 0.798. The standard InChI is InChI=1S/C16H11N3O2/c17-9-13-7-11(5-6-18-13)10-19-14-4-2-1-3-12(14)8-15(19)16(20)21/h1-8H,10H2,(H,20,21). The van der Waals surface area contributed by atoms with Crippen LogP contribution in [0.2, 0.25) is 0 Å². The number of nitriles is 1. The fraction of sp³-hybridized carbons (Fsp3) is 0.0625. The van der Waals surface area contributed by atoms with Crippen molar-refractivity contribution in [2.45, 2.75) is 6.54 Å². The highest BCUT2D eigenvalue weighted by atomic mass is 16.4. The molecule has 0 amide bonds. The van der Waals surface area contributed by atoms with E-state index in [-0.39, 0.29) is 5.69 Å². The first-order valence-corrected chi connectivity index (χ1v) is 6.35. The van der Waals surface area contributed by atoms with Crippen molar-refractivity contribution in [3.8, 4) is 6.07 Å². The number of carboxylic acid groups (broad SMARTS) is 1. The highest BCUT2D eigenvalue weighted by molar-refractivity contribution is 5.94. The summed E-state index contributed by atoms with van der Waals surface area (Å²) >= 11 is 0. The van der Waals surface area contributed by atoms with Gasteiger partial charge in [0.25, 0.3) is 0 Å². The second-order valence-corrected chi connectivity index (χ2v) is 4.64. The maximum absolute atomic E-state index is 11.4. The number of pyridine rings is 1. The molecule has 3 rings (SSSR count). The normalized spacial score (nSPS) is 10.4. The van der Waals surface area contributed by atoms with Crippen LogP contribution < -0.4 is 0 Å². The molecule has 0 atom stereocenters. The third kappa shape index (κ3) is 2.35. The van der Waals surface area contributed by atoms with E-state index in [2.05, 4.69) is 4.98 Å². The largest absolute Gasteiger partial charge is 0.477 e. The Morgan fingerprint density at radius 3 is 2.86 bits per heavy atom. The van der Waals surface area contributed by atoms with Crippen LogP contribution in [0.5, 0.6) is 0 Å². The van der Waals surface area contributed by atoms with Crippen LogP contribution in [0.3, 0.4) is 0 Å². The van der Waals surface area contributed by atoms with Crippen LogP contribution in [0.4, 0.5) is 0 Å². The second kappa shape index (κ2) is 5.10. The van der Waals surface area contributed by atoms with Crippen molar-refractivity contribution in [1.82, 2.24) is 9.55 Å². The number of nitrogens with zero attached hydrogens (tertiary/aromatic N) is 3. The Morgan fingerprint density at radius 1 is 1.29 bits per heavy atom. The molecule has 3 aromatic rings. The third-order valence-electron chi connectivity index (χ3n) is 3.31. The van der Waals surface area contributed by atoms with Gasteiger partial charge in [-0.3, -0.25) is 0 Å². The summed E-state index contributed by atoms with van der Waals surface area (Å²) in [5.74, 6) is -0.972. The van der Waals surface area contributed by atoms with Crippen LogP contribution in [-0.2, 0) is 6.54 Å². The van der Waals surface area contributed by atoms with E-state index in [9.17, 15) is 9.90 Å². The van der Waals surface area contributed by atoms with E-state index in [0.717, 1.165) is 16.5 Å². The minimum Gasteiger partial charge on any atom is -0.477 e. The van der Waals surface area contributed by atoms with Crippen molar-refractivity contribution in [2.75, 3.05) is 0 Å². The lowest BCUT2D eigenvalue weighted by Crippen LogP contribution is -2.09. The zero-order chi connectivity index (χ0) is 14.8. The number of hydrogen-bond donors (Lipinski definition) is 1. The number of aromatic carboxylic acids is 1. The molecule has 0 bridgehead atoms. The number of fused-ring (bicyclic) bond motifs is 1. The number of benzene rings is 1. The first kappa shape index (κ1) is 12.9. The molecule has 0 aliphatic rings. The van der Waals surface area contributed by atoms with Crippen LogP contribution in [0.25, 0.3) is 10.9 Å². The molecule has 5 heteroatoms. The van der Waals surface area contributed by atoms with Gasteiger partial charge in [-0.05, 0) is 29.8 Å². The number of hydrogen-bond acceptors (Lipinski definition) is 3. The minimum atomic E-state index is -0.972. The van der Waals surface area contributed by atoms with E-state index in [4.69, 9.17) is 5.26 Å². The summed E-state index contributed by atoms with van der Waals surface area (Å²) in [4.78, 5) is 15.3. The summed E-state index contributed by atoms with van der Waals surface area (Å²) in [5.41, 5.74) is 2.24. The van der Waals surface area contributed by atoms with Gasteiger partial charge in [0, 0.05) is 23.6 Å². The Labute approximate surface area is 120 Å². The van der Waals surface area contributed by atoms with Gasteiger partial charge in [0.1, 0.15) is 17.5 Å². The maximum Gasteiger partial charge on any atom is 0.352 e. The van der Waals surface area contributed by atoms with Crippen LogP contribution >= 0.6 is 0 Å². The lowest BCUT2D eigenvalue weighted by atomic mass is 10.2. The van der Waals surface area contributed by atoms with E-state index in [1.807, 2.05) is 30.3 Å². The van der Waals surface area contributed by atoms with Crippen LogP contribution in [0.1, 0.15) is 21.7 Å². The number of carbonyl (C=O) groups is 1. The molecule has 1 N–H and O–H groups in total. The number of para-hydroxylation sites is 1. The summed E-state index contributed by atoms with van der Waals surface area (Å²) in [7, 11) is 0.